The van der Waals surface area contributed by atoms with E-state index in [0.29, 0.717) is 0 Å². The molecule has 0 atom stereocenters. The van der Waals surface area contributed by atoms with Gasteiger partial charge in [0, 0.05) is 18.6 Å². The first kappa shape index (κ1) is 11.5. The van der Waals surface area contributed by atoms with Gasteiger partial charge in [-0.15, -0.1) is 0 Å². The largest absolute Gasteiger partial charge is 0.375 e. The molecular weight excluding hydrogens is 232 g/mol. The second-order valence-electron chi connectivity index (χ2n) is 3.52. The van der Waals surface area contributed by atoms with Crippen molar-refractivity contribution in [1.29, 1.82) is 0 Å². The molecule has 0 aliphatic heterocycles. The number of nitrogens with two attached hydrogens (primary N) is 1. The molecule has 0 radical (unpaired) electrons. The first-order valence-corrected chi connectivity index (χ1v) is 5.50. The summed E-state index contributed by atoms with van der Waals surface area (Å²) in [6.45, 7) is 0. The van der Waals surface area contributed by atoms with Crippen LogP contribution in [0.1, 0.15) is 5.69 Å². The number of pyridine rings is 1. The minimum atomic E-state index is 0.224. The summed E-state index contributed by atoms with van der Waals surface area (Å²) in [6.07, 6.45) is 3.41. The normalized spacial score (nSPS) is 10.9. The molecule has 0 unspecified atom stereocenters. The monoisotopic (exact) mass is 244 g/mol. The minimum absolute atomic E-state index is 0.224. The first-order valence-electron chi connectivity index (χ1n) is 5.09. The predicted octanol–water partition coefficient (Wildman–Crippen LogP) is 1.74. The fraction of sp³-hybridized carbons (Fsp3) is 0.0833. The van der Waals surface area contributed by atoms with E-state index in [2.05, 4.69) is 10.1 Å². The number of benzene rings is 1. The van der Waals surface area contributed by atoms with E-state index in [1.165, 1.54) is 5.01 Å². The molecule has 0 aliphatic rings. The fourth-order valence-corrected chi connectivity index (χ4v) is 1.49. The Morgan fingerprint density at radius 3 is 2.94 bits per heavy atom. The number of aromatic nitrogens is 1. The summed E-state index contributed by atoms with van der Waals surface area (Å²) in [5, 5.41) is 7.95. The highest BCUT2D eigenvalue weighted by Crippen LogP contribution is 2.14. The van der Waals surface area contributed by atoms with Crippen LogP contribution in [0.2, 0.25) is 0 Å². The molecule has 2 aromatic rings. The third kappa shape index (κ3) is 2.57. The summed E-state index contributed by atoms with van der Waals surface area (Å²) in [5.74, 6) is 0. The highest BCUT2D eigenvalue weighted by Gasteiger charge is 1.99. The molecular formula is C12H12N4S. The number of hydrazone groups is 1. The molecule has 0 saturated heterocycles. The van der Waals surface area contributed by atoms with Crippen molar-refractivity contribution in [3.8, 4) is 0 Å². The van der Waals surface area contributed by atoms with Gasteiger partial charge in [-0.3, -0.25) is 4.98 Å². The summed E-state index contributed by atoms with van der Waals surface area (Å²) in [6, 6.07) is 9.96. The SMILES string of the molecule is CN(/N=C/c1nccc2ccccc12)C(N)=S. The number of rotatable bonds is 2. The standard InChI is InChI=1S/C12H12N4S/c1-16(12(13)17)15-8-11-10-5-3-2-4-9(10)6-7-14-11/h2-8H,1H3,(H2,13,17)/b15-8+. The number of nitrogens with zero attached hydrogens (tertiary/aromatic N) is 3. The molecule has 0 bridgehead atoms. The zero-order chi connectivity index (χ0) is 12.3. The summed E-state index contributed by atoms with van der Waals surface area (Å²) >= 11 is 4.80. The molecule has 0 aliphatic carbocycles. The Morgan fingerprint density at radius 2 is 2.18 bits per heavy atom. The van der Waals surface area contributed by atoms with E-state index in [0.717, 1.165) is 16.5 Å². The predicted molar refractivity (Wildman–Crippen MR) is 73.9 cm³/mol. The van der Waals surface area contributed by atoms with E-state index in [1.807, 2.05) is 30.3 Å². The van der Waals surface area contributed by atoms with Crippen LogP contribution in [0, 0.1) is 0 Å². The summed E-state index contributed by atoms with van der Waals surface area (Å²) in [7, 11) is 1.70. The molecule has 0 spiro atoms. The van der Waals surface area contributed by atoms with Crippen LogP contribution >= 0.6 is 12.2 Å². The highest BCUT2D eigenvalue weighted by molar-refractivity contribution is 7.80. The second kappa shape index (κ2) is 4.88. The van der Waals surface area contributed by atoms with Gasteiger partial charge in [0.1, 0.15) is 0 Å². The molecule has 17 heavy (non-hydrogen) atoms. The molecule has 0 saturated carbocycles. The lowest BCUT2D eigenvalue weighted by atomic mass is 10.1. The third-order valence-corrected chi connectivity index (χ3v) is 2.64. The number of hydrogen-bond donors (Lipinski definition) is 1. The molecule has 1 aromatic heterocycles. The lowest BCUT2D eigenvalue weighted by Crippen LogP contribution is -2.27. The summed E-state index contributed by atoms with van der Waals surface area (Å²) < 4.78 is 0. The lowest BCUT2D eigenvalue weighted by molar-refractivity contribution is 0.552. The molecule has 4 nitrogen and oxygen atoms in total. The number of hydrogen-bond acceptors (Lipinski definition) is 3. The van der Waals surface area contributed by atoms with Gasteiger partial charge in [-0.2, -0.15) is 5.10 Å². The average molecular weight is 244 g/mol. The van der Waals surface area contributed by atoms with Crippen LogP contribution in [-0.2, 0) is 0 Å². The van der Waals surface area contributed by atoms with Gasteiger partial charge >= 0.3 is 0 Å². The molecule has 0 fully saturated rings. The van der Waals surface area contributed by atoms with Crippen molar-refractivity contribution in [3.05, 3.63) is 42.2 Å². The number of thiocarbonyl (C=S) groups is 1. The van der Waals surface area contributed by atoms with Crippen LogP contribution in [0.4, 0.5) is 0 Å². The topological polar surface area (TPSA) is 54.5 Å². The van der Waals surface area contributed by atoms with Crippen LogP contribution in [0.25, 0.3) is 10.8 Å². The van der Waals surface area contributed by atoms with Crippen molar-refractivity contribution in [3.63, 3.8) is 0 Å². The number of fused-ring (bicyclic) bond motifs is 1. The van der Waals surface area contributed by atoms with E-state index in [1.54, 1.807) is 19.5 Å². The Hall–Kier alpha value is -2.01. The zero-order valence-corrected chi connectivity index (χ0v) is 10.2. The third-order valence-electron chi connectivity index (χ3n) is 2.38. The molecule has 1 heterocycles. The molecule has 86 valence electrons. The maximum atomic E-state index is 5.44. The van der Waals surface area contributed by atoms with Crippen molar-refractivity contribution >= 4 is 34.3 Å². The lowest BCUT2D eigenvalue weighted by Gasteiger charge is -2.08. The Kier molecular flexibility index (Phi) is 3.30. The smallest absolute Gasteiger partial charge is 0.186 e. The first-order chi connectivity index (χ1) is 8.18. The summed E-state index contributed by atoms with van der Waals surface area (Å²) in [4.78, 5) is 4.28. The zero-order valence-electron chi connectivity index (χ0n) is 9.37. The van der Waals surface area contributed by atoms with Crippen molar-refractivity contribution in [2.24, 2.45) is 10.8 Å². The van der Waals surface area contributed by atoms with Crippen LogP contribution in [0.5, 0.6) is 0 Å². The van der Waals surface area contributed by atoms with Crippen molar-refractivity contribution in [2.45, 2.75) is 0 Å². The highest BCUT2D eigenvalue weighted by atomic mass is 32.1. The molecule has 0 amide bonds. The van der Waals surface area contributed by atoms with Crippen LogP contribution < -0.4 is 5.73 Å². The van der Waals surface area contributed by atoms with Crippen LogP contribution in [0.3, 0.4) is 0 Å². The van der Waals surface area contributed by atoms with Gasteiger partial charge in [-0.1, -0.05) is 24.3 Å². The van der Waals surface area contributed by atoms with Crippen LogP contribution in [-0.4, -0.2) is 28.4 Å². The average Bonchev–Trinajstić information content (AvgIpc) is 2.35. The Bertz CT molecular complexity index is 574. The van der Waals surface area contributed by atoms with E-state index >= 15 is 0 Å². The van der Waals surface area contributed by atoms with Crippen molar-refractivity contribution in [2.75, 3.05) is 7.05 Å². The van der Waals surface area contributed by atoms with Crippen LogP contribution in [0.15, 0.2) is 41.6 Å². The Balaban J connectivity index is 2.39. The summed E-state index contributed by atoms with van der Waals surface area (Å²) in [5.41, 5.74) is 6.23. The molecule has 2 rings (SSSR count). The van der Waals surface area contributed by atoms with E-state index in [-0.39, 0.29) is 5.11 Å². The maximum absolute atomic E-state index is 5.44. The van der Waals surface area contributed by atoms with E-state index in [4.69, 9.17) is 18.0 Å². The van der Waals surface area contributed by atoms with Gasteiger partial charge in [0.25, 0.3) is 0 Å². The van der Waals surface area contributed by atoms with Crippen molar-refractivity contribution in [1.82, 2.24) is 9.99 Å². The quantitative estimate of drug-likeness (QED) is 0.497. The second-order valence-corrected chi connectivity index (χ2v) is 3.94. The van der Waals surface area contributed by atoms with Gasteiger partial charge in [0.2, 0.25) is 0 Å². The molecule has 5 heteroatoms. The maximum Gasteiger partial charge on any atom is 0.186 e. The fourth-order valence-electron chi connectivity index (χ4n) is 1.44. The molecule has 2 N–H and O–H groups in total. The van der Waals surface area contributed by atoms with Gasteiger partial charge in [0.15, 0.2) is 5.11 Å². The van der Waals surface area contributed by atoms with Gasteiger partial charge in [0.05, 0.1) is 11.9 Å². The van der Waals surface area contributed by atoms with Gasteiger partial charge in [-0.05, 0) is 23.7 Å². The van der Waals surface area contributed by atoms with E-state index in [9.17, 15) is 0 Å². The Morgan fingerprint density at radius 1 is 1.41 bits per heavy atom. The minimum Gasteiger partial charge on any atom is -0.375 e. The van der Waals surface area contributed by atoms with Gasteiger partial charge in [-0.25, -0.2) is 5.01 Å². The van der Waals surface area contributed by atoms with E-state index < -0.39 is 0 Å². The molecule has 1 aromatic carbocycles. The van der Waals surface area contributed by atoms with Crippen molar-refractivity contribution < 1.29 is 0 Å². The van der Waals surface area contributed by atoms with Gasteiger partial charge < -0.3 is 5.73 Å². The Labute approximate surface area is 105 Å².